The number of methoxy groups -OCH3 is 1. The van der Waals surface area contributed by atoms with Crippen LogP contribution in [0.25, 0.3) is 0 Å². The topological polar surface area (TPSA) is 73.8 Å². The molecule has 0 saturated carbocycles. The van der Waals surface area contributed by atoms with E-state index in [4.69, 9.17) is 32.9 Å². The summed E-state index contributed by atoms with van der Waals surface area (Å²) in [6.45, 7) is 5.81. The van der Waals surface area contributed by atoms with Crippen molar-refractivity contribution in [2.24, 2.45) is 0 Å². The van der Waals surface area contributed by atoms with Gasteiger partial charge < -0.3 is 24.8 Å². The summed E-state index contributed by atoms with van der Waals surface area (Å²) in [6, 6.07) is 5.70. The van der Waals surface area contributed by atoms with Gasteiger partial charge in [-0.25, -0.2) is 4.98 Å². The number of piperazine rings is 1. The lowest BCUT2D eigenvalue weighted by molar-refractivity contribution is -0.132. The first kappa shape index (κ1) is 24.8. The Kier molecular flexibility index (Phi) is 8.01. The van der Waals surface area contributed by atoms with Gasteiger partial charge >= 0.3 is 0 Å². The highest BCUT2D eigenvalue weighted by Crippen LogP contribution is 2.31. The molecule has 10 heteroatoms. The van der Waals surface area contributed by atoms with Crippen molar-refractivity contribution in [3.05, 3.63) is 40.0 Å². The van der Waals surface area contributed by atoms with Crippen molar-refractivity contribution in [3.63, 3.8) is 0 Å². The molecule has 3 heterocycles. The summed E-state index contributed by atoms with van der Waals surface area (Å²) in [5.74, 6) is 1.99. The number of benzene rings is 1. The van der Waals surface area contributed by atoms with Crippen LogP contribution in [0.5, 0.6) is 5.75 Å². The summed E-state index contributed by atoms with van der Waals surface area (Å²) in [5, 5.41) is 4.57. The van der Waals surface area contributed by atoms with Crippen LogP contribution < -0.4 is 15.0 Å². The molecule has 0 unspecified atom stereocenters. The molecule has 8 nitrogen and oxygen atoms in total. The predicted octanol–water partition coefficient (Wildman–Crippen LogP) is 4.10. The molecule has 2 saturated heterocycles. The number of nitrogens with zero attached hydrogens (tertiary/aromatic N) is 5. The van der Waals surface area contributed by atoms with E-state index in [1.54, 1.807) is 19.4 Å². The Balaban J connectivity index is 1.40. The minimum absolute atomic E-state index is 0.121. The molecule has 0 radical (unpaired) electrons. The second kappa shape index (κ2) is 11.0. The van der Waals surface area contributed by atoms with Gasteiger partial charge in [-0.05, 0) is 51.1 Å². The van der Waals surface area contributed by atoms with Crippen LogP contribution >= 0.6 is 23.2 Å². The van der Waals surface area contributed by atoms with Gasteiger partial charge in [0, 0.05) is 48.7 Å². The van der Waals surface area contributed by atoms with Crippen LogP contribution in [0.1, 0.15) is 37.8 Å². The first-order chi connectivity index (χ1) is 16.4. The summed E-state index contributed by atoms with van der Waals surface area (Å²) in [6.07, 6.45) is 4.57. The minimum atomic E-state index is -0.121. The fourth-order valence-electron chi connectivity index (χ4n) is 4.63. The summed E-state index contributed by atoms with van der Waals surface area (Å²) in [5.41, 5.74) is 0.910. The lowest BCUT2D eigenvalue weighted by atomic mass is 10.1. The summed E-state index contributed by atoms with van der Waals surface area (Å²) >= 11 is 12.4. The van der Waals surface area contributed by atoms with Crippen LogP contribution in [0.4, 0.5) is 11.8 Å². The number of anilines is 2. The molecular weight excluding hydrogens is 475 g/mol. The number of halogens is 2. The number of aromatic nitrogens is 2. The largest absolute Gasteiger partial charge is 0.491 e. The van der Waals surface area contributed by atoms with Gasteiger partial charge in [0.15, 0.2) is 11.6 Å². The number of carbonyl (C=O) groups excluding carboxylic acids is 1. The van der Waals surface area contributed by atoms with Crippen molar-refractivity contribution < 1.29 is 9.53 Å². The third kappa shape index (κ3) is 5.67. The Morgan fingerprint density at radius 2 is 2.00 bits per heavy atom. The number of amides is 1. The minimum Gasteiger partial charge on any atom is -0.491 e. The van der Waals surface area contributed by atoms with E-state index in [9.17, 15) is 4.79 Å². The Morgan fingerprint density at radius 3 is 2.65 bits per heavy atom. The van der Waals surface area contributed by atoms with Gasteiger partial charge in [0.2, 0.25) is 11.9 Å². The lowest BCUT2D eigenvalue weighted by Crippen LogP contribution is -2.50. The van der Waals surface area contributed by atoms with E-state index >= 15 is 0 Å². The third-order valence-corrected chi connectivity index (χ3v) is 7.30. The molecule has 0 aliphatic carbocycles. The van der Waals surface area contributed by atoms with Crippen molar-refractivity contribution in [2.45, 2.75) is 38.3 Å². The zero-order valence-corrected chi connectivity index (χ0v) is 21.4. The highest BCUT2D eigenvalue weighted by atomic mass is 35.5. The Bertz CT molecular complexity index is 1010. The molecule has 1 aromatic heterocycles. The first-order valence-corrected chi connectivity index (χ1v) is 12.5. The van der Waals surface area contributed by atoms with E-state index < -0.39 is 0 Å². The normalized spacial score (nSPS) is 19.9. The number of hydrogen-bond acceptors (Lipinski definition) is 7. The molecule has 184 valence electrons. The van der Waals surface area contributed by atoms with Gasteiger partial charge in [0.25, 0.3) is 0 Å². The molecule has 2 aromatic rings. The van der Waals surface area contributed by atoms with Gasteiger partial charge in [-0.1, -0.05) is 29.3 Å². The van der Waals surface area contributed by atoms with Crippen molar-refractivity contribution in [2.75, 3.05) is 57.1 Å². The van der Waals surface area contributed by atoms with Crippen LogP contribution in [-0.2, 0) is 4.79 Å². The van der Waals surface area contributed by atoms with Gasteiger partial charge in [-0.3, -0.25) is 4.79 Å². The zero-order valence-electron chi connectivity index (χ0n) is 19.9. The highest BCUT2D eigenvalue weighted by Gasteiger charge is 2.28. The molecular formula is C24H32Cl2N6O2. The lowest BCUT2D eigenvalue weighted by Gasteiger charge is -2.35. The predicted molar refractivity (Wildman–Crippen MR) is 136 cm³/mol. The van der Waals surface area contributed by atoms with Crippen LogP contribution in [0.2, 0.25) is 10.0 Å². The fraction of sp³-hybridized carbons (Fsp3) is 0.542. The monoisotopic (exact) mass is 506 g/mol. The highest BCUT2D eigenvalue weighted by molar-refractivity contribution is 6.35. The molecule has 2 aliphatic heterocycles. The quantitative estimate of drug-likeness (QED) is 0.605. The fourth-order valence-corrected chi connectivity index (χ4v) is 5.20. The number of ether oxygens (including phenoxy) is 1. The third-order valence-electron chi connectivity index (χ3n) is 6.74. The van der Waals surface area contributed by atoms with Gasteiger partial charge in [0.05, 0.1) is 19.3 Å². The molecule has 0 spiro atoms. The maximum Gasteiger partial charge on any atom is 0.227 e. The van der Waals surface area contributed by atoms with Crippen molar-refractivity contribution in [3.8, 4) is 5.75 Å². The summed E-state index contributed by atoms with van der Waals surface area (Å²) in [7, 11) is 3.70. The molecule has 4 rings (SSSR count). The van der Waals surface area contributed by atoms with Crippen LogP contribution in [0, 0.1) is 0 Å². The maximum atomic E-state index is 12.8. The summed E-state index contributed by atoms with van der Waals surface area (Å²) < 4.78 is 5.48. The van der Waals surface area contributed by atoms with Crippen LogP contribution in [0.3, 0.4) is 0 Å². The first-order valence-electron chi connectivity index (χ1n) is 11.7. The van der Waals surface area contributed by atoms with Crippen LogP contribution in [-0.4, -0.2) is 78.6 Å². The molecule has 0 bridgehead atoms. The standard InChI is InChI=1S/C24H32Cl2N6O2/c1-16(19-7-6-17(25)13-20(19)26)28-23-21(34-3)15-27-24(29-23)32-11-9-31(10-12-32)22(33)14-18-5-4-8-30(18)2/h6-7,13,15-16,18H,4-5,8-12,14H2,1-3H3,(H,27,28,29)/t16-,18+/m1/s1. The van der Waals surface area contributed by atoms with Crippen molar-refractivity contribution in [1.29, 1.82) is 0 Å². The Labute approximate surface area is 211 Å². The average Bonchev–Trinajstić information content (AvgIpc) is 3.23. The van der Waals surface area contributed by atoms with E-state index in [1.165, 1.54) is 6.42 Å². The van der Waals surface area contributed by atoms with E-state index in [1.807, 2.05) is 24.0 Å². The van der Waals surface area contributed by atoms with E-state index in [-0.39, 0.29) is 11.9 Å². The number of likely N-dealkylation sites (tertiary alicyclic amines) is 1. The number of hydrogen-bond donors (Lipinski definition) is 1. The smallest absolute Gasteiger partial charge is 0.227 e. The molecule has 2 fully saturated rings. The van der Waals surface area contributed by atoms with E-state index in [0.717, 1.165) is 18.5 Å². The van der Waals surface area contributed by atoms with Crippen molar-refractivity contribution in [1.82, 2.24) is 19.8 Å². The molecule has 2 atom stereocenters. The van der Waals surface area contributed by atoms with Gasteiger partial charge in [-0.2, -0.15) is 4.98 Å². The molecule has 1 aromatic carbocycles. The Morgan fingerprint density at radius 1 is 1.24 bits per heavy atom. The zero-order chi connectivity index (χ0) is 24.2. The SMILES string of the molecule is COc1cnc(N2CCN(C(=O)C[C@@H]3CCCN3C)CC2)nc1N[C@H](C)c1ccc(Cl)cc1Cl. The second-order valence-electron chi connectivity index (χ2n) is 8.97. The second-order valence-corrected chi connectivity index (χ2v) is 9.81. The van der Waals surface area contributed by atoms with E-state index in [0.29, 0.717) is 66.2 Å². The maximum absolute atomic E-state index is 12.8. The summed E-state index contributed by atoms with van der Waals surface area (Å²) in [4.78, 5) is 28.4. The van der Waals surface area contributed by atoms with Gasteiger partial charge in [0.1, 0.15) is 0 Å². The van der Waals surface area contributed by atoms with E-state index in [2.05, 4.69) is 27.1 Å². The van der Waals surface area contributed by atoms with Gasteiger partial charge in [-0.15, -0.1) is 0 Å². The van der Waals surface area contributed by atoms with Crippen molar-refractivity contribution >= 4 is 40.9 Å². The average molecular weight is 507 g/mol. The molecule has 34 heavy (non-hydrogen) atoms. The number of rotatable bonds is 7. The van der Waals surface area contributed by atoms with Crippen LogP contribution in [0.15, 0.2) is 24.4 Å². The number of nitrogens with one attached hydrogen (secondary N) is 1. The Hall–Kier alpha value is -2.29. The molecule has 2 aliphatic rings. The number of carbonyl (C=O) groups is 1. The molecule has 1 N–H and O–H groups in total. The molecule has 1 amide bonds.